The van der Waals surface area contributed by atoms with Crippen LogP contribution in [-0.4, -0.2) is 30.4 Å². The number of pyridine rings is 1. The van der Waals surface area contributed by atoms with Gasteiger partial charge in [0.05, 0.1) is 29.0 Å². The van der Waals surface area contributed by atoms with Crippen LogP contribution >= 0.6 is 0 Å². The van der Waals surface area contributed by atoms with Crippen molar-refractivity contribution in [3.8, 4) is 5.82 Å². The Morgan fingerprint density at radius 3 is 2.67 bits per heavy atom. The summed E-state index contributed by atoms with van der Waals surface area (Å²) in [6.45, 7) is 2.08. The fourth-order valence-electron chi connectivity index (χ4n) is 3.56. The van der Waals surface area contributed by atoms with E-state index < -0.39 is 0 Å². The molecule has 1 amide bonds. The Kier molecular flexibility index (Phi) is 5.47. The van der Waals surface area contributed by atoms with E-state index in [-0.39, 0.29) is 11.9 Å². The normalized spacial score (nSPS) is 11.8. The third kappa shape index (κ3) is 4.40. The van der Waals surface area contributed by atoms with E-state index in [1.165, 1.54) is 11.8 Å². The van der Waals surface area contributed by atoms with Crippen molar-refractivity contribution >= 4 is 28.4 Å². The van der Waals surface area contributed by atoms with Crippen molar-refractivity contribution in [2.24, 2.45) is 0 Å². The average Bonchev–Trinajstić information content (AvgIpc) is 3.28. The molecule has 0 aliphatic heterocycles. The van der Waals surface area contributed by atoms with Crippen LogP contribution in [0.4, 0.5) is 11.5 Å². The van der Waals surface area contributed by atoms with Crippen molar-refractivity contribution < 1.29 is 4.79 Å². The Hall–Kier alpha value is -4.59. The van der Waals surface area contributed by atoms with Crippen LogP contribution in [0.15, 0.2) is 91.8 Å². The first kappa shape index (κ1) is 20.3. The second-order valence-corrected chi connectivity index (χ2v) is 7.55. The number of imidazole rings is 1. The van der Waals surface area contributed by atoms with Crippen molar-refractivity contribution in [3.63, 3.8) is 0 Å². The number of benzene rings is 2. The number of carbonyl (C=O) groups is 1. The van der Waals surface area contributed by atoms with E-state index in [0.29, 0.717) is 22.9 Å². The molecule has 8 nitrogen and oxygen atoms in total. The highest BCUT2D eigenvalue weighted by Crippen LogP contribution is 2.23. The first-order chi connectivity index (χ1) is 16.2. The van der Waals surface area contributed by atoms with E-state index in [1.807, 2.05) is 41.0 Å². The summed E-state index contributed by atoms with van der Waals surface area (Å²) in [5.74, 6) is 1.10. The minimum Gasteiger partial charge on any atom is -0.362 e. The minimum absolute atomic E-state index is 0.0845. The standard InChI is InChI=1S/C25H21N7O/c1-17(18-6-3-2-4-7-18)29-23-14-27-15-24(31-23)32-16-28-21-12-20(9-10-22(21)32)30-25(33)19-8-5-11-26-13-19/h2-17H,1H3,(H,29,31)(H,30,33)/t17-/m0/s1. The Balaban J connectivity index is 1.37. The molecule has 0 saturated heterocycles. The molecule has 0 aliphatic rings. The van der Waals surface area contributed by atoms with Gasteiger partial charge in [0.1, 0.15) is 12.1 Å². The monoisotopic (exact) mass is 435 g/mol. The maximum atomic E-state index is 12.4. The topological polar surface area (TPSA) is 97.6 Å². The van der Waals surface area contributed by atoms with Crippen molar-refractivity contribution in [1.82, 2.24) is 24.5 Å². The summed E-state index contributed by atoms with van der Waals surface area (Å²) >= 11 is 0. The predicted octanol–water partition coefficient (Wildman–Crippen LogP) is 4.64. The summed E-state index contributed by atoms with van der Waals surface area (Å²) < 4.78 is 1.87. The van der Waals surface area contributed by atoms with Crippen molar-refractivity contribution in [3.05, 3.63) is 103 Å². The highest BCUT2D eigenvalue weighted by Gasteiger charge is 2.11. The Labute approximate surface area is 190 Å². The molecule has 162 valence electrons. The largest absolute Gasteiger partial charge is 0.362 e. The van der Waals surface area contributed by atoms with Crippen LogP contribution in [0, 0.1) is 0 Å². The third-order valence-corrected chi connectivity index (χ3v) is 5.26. The number of carbonyl (C=O) groups excluding carboxylic acids is 1. The number of anilines is 2. The number of aromatic nitrogens is 5. The Morgan fingerprint density at radius 2 is 1.85 bits per heavy atom. The smallest absolute Gasteiger partial charge is 0.257 e. The first-order valence-corrected chi connectivity index (χ1v) is 10.5. The van der Waals surface area contributed by atoms with Gasteiger partial charge in [-0.1, -0.05) is 30.3 Å². The van der Waals surface area contributed by atoms with Gasteiger partial charge in [0, 0.05) is 24.1 Å². The summed E-state index contributed by atoms with van der Waals surface area (Å²) in [6.07, 6.45) is 8.25. The fraction of sp³-hybridized carbons (Fsp3) is 0.0800. The molecule has 5 rings (SSSR count). The van der Waals surface area contributed by atoms with Crippen LogP contribution in [0.1, 0.15) is 28.9 Å². The van der Waals surface area contributed by atoms with Gasteiger partial charge < -0.3 is 10.6 Å². The van der Waals surface area contributed by atoms with Crippen LogP contribution in [0.2, 0.25) is 0 Å². The summed E-state index contributed by atoms with van der Waals surface area (Å²) in [5, 5.41) is 6.27. The van der Waals surface area contributed by atoms with Crippen LogP contribution < -0.4 is 10.6 Å². The molecule has 8 heteroatoms. The highest BCUT2D eigenvalue weighted by molar-refractivity contribution is 6.04. The average molecular weight is 435 g/mol. The van der Waals surface area contributed by atoms with E-state index in [2.05, 4.69) is 44.6 Å². The van der Waals surface area contributed by atoms with Gasteiger partial charge in [-0.3, -0.25) is 19.3 Å². The van der Waals surface area contributed by atoms with E-state index in [9.17, 15) is 4.79 Å². The minimum atomic E-state index is -0.223. The van der Waals surface area contributed by atoms with Crippen molar-refractivity contribution in [2.75, 3.05) is 10.6 Å². The van der Waals surface area contributed by atoms with Gasteiger partial charge in [-0.2, -0.15) is 0 Å². The zero-order valence-electron chi connectivity index (χ0n) is 17.9. The molecule has 0 bridgehead atoms. The third-order valence-electron chi connectivity index (χ3n) is 5.26. The first-order valence-electron chi connectivity index (χ1n) is 10.5. The number of fused-ring (bicyclic) bond motifs is 1. The van der Waals surface area contributed by atoms with Gasteiger partial charge >= 0.3 is 0 Å². The number of hydrogen-bond acceptors (Lipinski definition) is 6. The summed E-state index contributed by atoms with van der Waals surface area (Å²) in [5.41, 5.74) is 3.90. The molecule has 0 saturated carbocycles. The number of nitrogens with zero attached hydrogens (tertiary/aromatic N) is 5. The number of amides is 1. The van der Waals surface area contributed by atoms with Gasteiger partial charge in [0.2, 0.25) is 0 Å². The summed E-state index contributed by atoms with van der Waals surface area (Å²) in [4.78, 5) is 29.9. The lowest BCUT2D eigenvalue weighted by Crippen LogP contribution is -2.11. The molecule has 3 aromatic heterocycles. The maximum Gasteiger partial charge on any atom is 0.257 e. The molecule has 0 radical (unpaired) electrons. The lowest BCUT2D eigenvalue weighted by atomic mass is 10.1. The van der Waals surface area contributed by atoms with Crippen LogP contribution in [0.5, 0.6) is 0 Å². The molecule has 3 heterocycles. The van der Waals surface area contributed by atoms with E-state index in [1.54, 1.807) is 37.1 Å². The van der Waals surface area contributed by atoms with Crippen molar-refractivity contribution in [2.45, 2.75) is 13.0 Å². The fourth-order valence-corrected chi connectivity index (χ4v) is 3.56. The zero-order chi connectivity index (χ0) is 22.6. The zero-order valence-corrected chi connectivity index (χ0v) is 17.9. The van der Waals surface area contributed by atoms with Gasteiger partial charge in [0.25, 0.3) is 5.91 Å². The second-order valence-electron chi connectivity index (χ2n) is 7.55. The maximum absolute atomic E-state index is 12.4. The van der Waals surface area contributed by atoms with Crippen LogP contribution in [-0.2, 0) is 0 Å². The SMILES string of the molecule is C[C@H](Nc1cncc(-n2cnc3cc(NC(=O)c4cccnc4)ccc32)n1)c1ccccc1. The second kappa shape index (κ2) is 8.88. The van der Waals surface area contributed by atoms with E-state index in [0.717, 1.165) is 11.0 Å². The summed E-state index contributed by atoms with van der Waals surface area (Å²) in [7, 11) is 0. The van der Waals surface area contributed by atoms with Crippen molar-refractivity contribution in [1.29, 1.82) is 0 Å². The van der Waals surface area contributed by atoms with Gasteiger partial charge in [-0.15, -0.1) is 0 Å². The van der Waals surface area contributed by atoms with Gasteiger partial charge in [-0.25, -0.2) is 9.97 Å². The molecule has 2 aromatic carbocycles. The van der Waals surface area contributed by atoms with Gasteiger partial charge in [0.15, 0.2) is 5.82 Å². The molecular weight excluding hydrogens is 414 g/mol. The van der Waals surface area contributed by atoms with E-state index in [4.69, 9.17) is 4.98 Å². The lowest BCUT2D eigenvalue weighted by molar-refractivity contribution is 0.102. The molecule has 5 aromatic rings. The quantitative estimate of drug-likeness (QED) is 0.403. The van der Waals surface area contributed by atoms with E-state index >= 15 is 0 Å². The summed E-state index contributed by atoms with van der Waals surface area (Å²) in [6, 6.07) is 19.3. The molecule has 0 fully saturated rings. The number of hydrogen-bond donors (Lipinski definition) is 2. The van der Waals surface area contributed by atoms with Crippen LogP contribution in [0.25, 0.3) is 16.9 Å². The molecule has 2 N–H and O–H groups in total. The predicted molar refractivity (Wildman–Crippen MR) is 127 cm³/mol. The molecule has 0 unspecified atom stereocenters. The van der Waals surface area contributed by atoms with Gasteiger partial charge in [-0.05, 0) is 42.8 Å². The molecule has 0 spiro atoms. The molecular formula is C25H21N7O. The molecule has 1 atom stereocenters. The van der Waals surface area contributed by atoms with Crippen LogP contribution in [0.3, 0.4) is 0 Å². The number of nitrogens with one attached hydrogen (secondary N) is 2. The highest BCUT2D eigenvalue weighted by atomic mass is 16.1. The lowest BCUT2D eigenvalue weighted by Gasteiger charge is -2.15. The molecule has 0 aliphatic carbocycles. The molecule has 33 heavy (non-hydrogen) atoms. The Bertz CT molecular complexity index is 1400. The Morgan fingerprint density at radius 1 is 0.970 bits per heavy atom. The number of rotatable bonds is 6.